The molecule has 5 nitrogen and oxygen atoms in total. The van der Waals surface area contributed by atoms with E-state index in [0.29, 0.717) is 36.8 Å². The summed E-state index contributed by atoms with van der Waals surface area (Å²) in [7, 11) is 0. The summed E-state index contributed by atoms with van der Waals surface area (Å²) in [5.74, 6) is 0.751. The van der Waals surface area contributed by atoms with Gasteiger partial charge in [-0.3, -0.25) is 0 Å². The maximum atomic E-state index is 11.4. The van der Waals surface area contributed by atoms with E-state index in [0.717, 1.165) is 12.8 Å². The van der Waals surface area contributed by atoms with Gasteiger partial charge in [0, 0.05) is 23.6 Å². The Kier molecular flexibility index (Phi) is 14.0. The maximum Gasteiger partial charge on any atom is 0.407 e. The van der Waals surface area contributed by atoms with Gasteiger partial charge in [-0.2, -0.15) is 11.8 Å². The molecule has 0 fully saturated rings. The Morgan fingerprint density at radius 2 is 1.82 bits per heavy atom. The van der Waals surface area contributed by atoms with Crippen molar-refractivity contribution < 1.29 is 19.1 Å². The number of nitrogens with one attached hydrogen (secondary N) is 1. The quantitative estimate of drug-likeness (QED) is 0.318. The lowest BCUT2D eigenvalue weighted by atomic mass is 10.1. The molecular weight excluding hydrogens is 302 g/mol. The Bertz CT molecular complexity index is 334. The summed E-state index contributed by atoms with van der Waals surface area (Å²) in [6, 6.07) is 0. The van der Waals surface area contributed by atoms with E-state index in [1.807, 2.05) is 0 Å². The van der Waals surface area contributed by atoms with Crippen LogP contribution in [0.5, 0.6) is 0 Å². The van der Waals surface area contributed by atoms with Gasteiger partial charge >= 0.3 is 12.1 Å². The number of ether oxygens (including phenoxy) is 2. The van der Waals surface area contributed by atoms with Gasteiger partial charge in [-0.1, -0.05) is 39.2 Å². The third-order valence-corrected chi connectivity index (χ3v) is 3.86. The van der Waals surface area contributed by atoms with Gasteiger partial charge in [-0.05, 0) is 13.3 Å². The zero-order valence-electron chi connectivity index (χ0n) is 13.8. The second-order valence-electron chi connectivity index (χ2n) is 4.85. The van der Waals surface area contributed by atoms with Crippen molar-refractivity contribution in [3.8, 4) is 0 Å². The number of unbranched alkanes of at least 4 members (excludes halogenated alkanes) is 4. The Balaban J connectivity index is 3.41. The van der Waals surface area contributed by atoms with Crippen LogP contribution in [0.3, 0.4) is 0 Å². The van der Waals surface area contributed by atoms with Crippen LogP contribution in [-0.2, 0) is 14.3 Å². The third kappa shape index (κ3) is 12.6. The van der Waals surface area contributed by atoms with E-state index >= 15 is 0 Å². The van der Waals surface area contributed by atoms with Crippen molar-refractivity contribution in [3.63, 3.8) is 0 Å². The van der Waals surface area contributed by atoms with Crippen LogP contribution >= 0.6 is 11.8 Å². The van der Waals surface area contributed by atoms with Gasteiger partial charge in [0.05, 0.1) is 6.61 Å². The predicted octanol–water partition coefficient (Wildman–Crippen LogP) is 3.54. The number of carbonyl (C=O) groups excluding carboxylic acids is 2. The SMILES string of the molecule is C=C(CSCCOC(=O)NCCCCCCC)C(=O)OCC. The molecule has 0 aromatic rings. The van der Waals surface area contributed by atoms with Gasteiger partial charge in [-0.25, -0.2) is 9.59 Å². The summed E-state index contributed by atoms with van der Waals surface area (Å²) in [5, 5.41) is 2.73. The van der Waals surface area contributed by atoms with Gasteiger partial charge < -0.3 is 14.8 Å². The number of alkyl carbamates (subject to hydrolysis) is 1. The Labute approximate surface area is 138 Å². The van der Waals surface area contributed by atoms with Gasteiger partial charge in [-0.15, -0.1) is 0 Å². The van der Waals surface area contributed by atoms with Crippen LogP contribution in [0.15, 0.2) is 12.2 Å². The number of carbonyl (C=O) groups is 2. The second-order valence-corrected chi connectivity index (χ2v) is 5.96. The first-order valence-corrected chi connectivity index (χ1v) is 9.10. The number of hydrogen-bond acceptors (Lipinski definition) is 5. The van der Waals surface area contributed by atoms with E-state index in [-0.39, 0.29) is 12.1 Å². The fourth-order valence-corrected chi connectivity index (χ4v) is 2.36. The van der Waals surface area contributed by atoms with E-state index in [1.54, 1.807) is 6.92 Å². The molecule has 0 aromatic carbocycles. The molecule has 22 heavy (non-hydrogen) atoms. The number of esters is 1. The fourth-order valence-electron chi connectivity index (χ4n) is 1.65. The molecule has 0 aliphatic rings. The molecule has 0 aliphatic carbocycles. The van der Waals surface area contributed by atoms with Crippen LogP contribution in [0.2, 0.25) is 0 Å². The number of thioether (sulfide) groups is 1. The number of hydrogen-bond donors (Lipinski definition) is 1. The van der Waals surface area contributed by atoms with E-state index in [4.69, 9.17) is 9.47 Å². The summed E-state index contributed by atoms with van der Waals surface area (Å²) < 4.78 is 9.87. The van der Waals surface area contributed by atoms with Crippen molar-refractivity contribution in [3.05, 3.63) is 12.2 Å². The van der Waals surface area contributed by atoms with Crippen LogP contribution in [0, 0.1) is 0 Å². The average molecular weight is 331 g/mol. The van der Waals surface area contributed by atoms with Crippen molar-refractivity contribution in [1.82, 2.24) is 5.32 Å². The van der Waals surface area contributed by atoms with Gasteiger partial charge in [0.15, 0.2) is 0 Å². The fraction of sp³-hybridized carbons (Fsp3) is 0.750. The smallest absolute Gasteiger partial charge is 0.407 e. The number of amides is 1. The van der Waals surface area contributed by atoms with E-state index < -0.39 is 0 Å². The molecule has 0 radical (unpaired) electrons. The molecule has 0 bridgehead atoms. The summed E-state index contributed by atoms with van der Waals surface area (Å²) in [4.78, 5) is 22.7. The molecule has 0 saturated heterocycles. The lowest BCUT2D eigenvalue weighted by Crippen LogP contribution is -2.26. The molecule has 0 heterocycles. The standard InChI is InChI=1S/C16H29NO4S/c1-4-6-7-8-9-10-17-16(19)21-11-12-22-13-14(3)15(18)20-5-2/h3-13H2,1-2H3,(H,17,19). The van der Waals surface area contributed by atoms with Gasteiger partial charge in [0.1, 0.15) is 6.61 Å². The first-order valence-electron chi connectivity index (χ1n) is 7.95. The minimum atomic E-state index is -0.375. The normalized spacial score (nSPS) is 10.1. The summed E-state index contributed by atoms with van der Waals surface area (Å²) in [5.41, 5.74) is 0.434. The molecule has 128 valence electrons. The lowest BCUT2D eigenvalue weighted by molar-refractivity contribution is -0.138. The predicted molar refractivity (Wildman–Crippen MR) is 91.2 cm³/mol. The molecule has 0 rings (SSSR count). The maximum absolute atomic E-state index is 11.4. The Morgan fingerprint density at radius 1 is 1.09 bits per heavy atom. The van der Waals surface area contributed by atoms with Gasteiger partial charge in [0.25, 0.3) is 0 Å². The zero-order chi connectivity index (χ0) is 16.6. The molecule has 0 atom stereocenters. The van der Waals surface area contributed by atoms with Crippen molar-refractivity contribution in [1.29, 1.82) is 0 Å². The topological polar surface area (TPSA) is 64.6 Å². The molecule has 1 amide bonds. The van der Waals surface area contributed by atoms with Crippen LogP contribution in [-0.4, -0.2) is 43.3 Å². The Morgan fingerprint density at radius 3 is 2.50 bits per heavy atom. The highest BCUT2D eigenvalue weighted by Crippen LogP contribution is 2.07. The molecule has 0 saturated carbocycles. The lowest BCUT2D eigenvalue weighted by Gasteiger charge is -2.07. The van der Waals surface area contributed by atoms with Crippen LogP contribution in [0.1, 0.15) is 46.0 Å². The molecular formula is C16H29NO4S. The summed E-state index contributed by atoms with van der Waals surface area (Å²) in [6.07, 6.45) is 5.44. The Hall–Kier alpha value is -1.17. The zero-order valence-corrected chi connectivity index (χ0v) is 14.6. The third-order valence-electron chi connectivity index (χ3n) is 2.85. The van der Waals surface area contributed by atoms with Crippen LogP contribution in [0.4, 0.5) is 4.79 Å². The van der Waals surface area contributed by atoms with Crippen molar-refractivity contribution >= 4 is 23.8 Å². The minimum absolute atomic E-state index is 0.322. The molecule has 0 spiro atoms. The highest BCUT2D eigenvalue weighted by molar-refractivity contribution is 7.99. The summed E-state index contributed by atoms with van der Waals surface area (Å²) >= 11 is 1.49. The molecule has 0 unspecified atom stereocenters. The highest BCUT2D eigenvalue weighted by atomic mass is 32.2. The molecule has 1 N–H and O–H groups in total. The van der Waals surface area contributed by atoms with E-state index in [1.165, 1.54) is 31.0 Å². The molecule has 0 aromatic heterocycles. The highest BCUT2D eigenvalue weighted by Gasteiger charge is 2.07. The first-order chi connectivity index (χ1) is 10.6. The summed E-state index contributed by atoms with van der Waals surface area (Å²) in [6.45, 7) is 8.93. The van der Waals surface area contributed by atoms with Gasteiger partial charge in [0.2, 0.25) is 0 Å². The first kappa shape index (κ1) is 20.8. The largest absolute Gasteiger partial charge is 0.463 e. The number of rotatable bonds is 13. The second kappa shape index (κ2) is 14.8. The van der Waals surface area contributed by atoms with Crippen molar-refractivity contribution in [2.24, 2.45) is 0 Å². The molecule has 0 aliphatic heterocycles. The van der Waals surface area contributed by atoms with E-state index in [9.17, 15) is 9.59 Å². The van der Waals surface area contributed by atoms with Crippen molar-refractivity contribution in [2.45, 2.75) is 46.0 Å². The monoisotopic (exact) mass is 331 g/mol. The average Bonchev–Trinajstić information content (AvgIpc) is 2.50. The molecule has 6 heteroatoms. The minimum Gasteiger partial charge on any atom is -0.463 e. The van der Waals surface area contributed by atoms with Crippen molar-refractivity contribution in [2.75, 3.05) is 31.3 Å². The van der Waals surface area contributed by atoms with Crippen LogP contribution in [0.25, 0.3) is 0 Å². The van der Waals surface area contributed by atoms with Crippen LogP contribution < -0.4 is 5.32 Å². The van der Waals surface area contributed by atoms with E-state index in [2.05, 4.69) is 18.8 Å².